The Hall–Kier alpha value is -1.30. The number of unbranched alkanes of at least 4 members (excludes halogenated alkanes) is 2. The number of rotatable bonds is 9. The van der Waals surface area contributed by atoms with Crippen molar-refractivity contribution in [3.05, 3.63) is 29.3 Å². The third-order valence-electron chi connectivity index (χ3n) is 6.42. The van der Waals surface area contributed by atoms with Gasteiger partial charge in [-0.15, -0.1) is 0 Å². The summed E-state index contributed by atoms with van der Waals surface area (Å²) in [6.07, 6.45) is 11.8. The largest absolute Gasteiger partial charge is 0.415 e. The molecule has 2 fully saturated rings. The zero-order chi connectivity index (χ0) is 21.2. The predicted molar refractivity (Wildman–Crippen MR) is 121 cm³/mol. The molecule has 0 spiro atoms. The van der Waals surface area contributed by atoms with Crippen molar-refractivity contribution in [1.29, 1.82) is 0 Å². The summed E-state index contributed by atoms with van der Waals surface area (Å²) in [5.74, 6) is 0.522. The van der Waals surface area contributed by atoms with Gasteiger partial charge in [-0.25, -0.2) is 4.79 Å². The van der Waals surface area contributed by atoms with E-state index in [0.29, 0.717) is 16.9 Å². The van der Waals surface area contributed by atoms with Crippen molar-refractivity contribution in [3.8, 4) is 5.75 Å². The minimum atomic E-state index is -0.310. The van der Waals surface area contributed by atoms with Gasteiger partial charge in [0.15, 0.2) is 0 Å². The van der Waals surface area contributed by atoms with Crippen LogP contribution in [-0.4, -0.2) is 61.3 Å². The predicted octanol–water partition coefficient (Wildman–Crippen LogP) is 5.75. The fraction of sp³-hybridized carbons (Fsp3) is 0.708. The second kappa shape index (κ2) is 12.5. The molecule has 0 unspecified atom stereocenters. The molecule has 1 aromatic carbocycles. The van der Waals surface area contributed by atoms with E-state index in [-0.39, 0.29) is 12.1 Å². The molecule has 6 heteroatoms. The van der Waals surface area contributed by atoms with Gasteiger partial charge in [-0.05, 0) is 102 Å². The Morgan fingerprint density at radius 3 is 2.43 bits per heavy atom. The Balaban J connectivity index is 1.25. The minimum absolute atomic E-state index is 0.217. The first kappa shape index (κ1) is 23.4. The van der Waals surface area contributed by atoms with Crippen LogP contribution in [0.25, 0.3) is 0 Å². The number of carbonyl (C=O) groups excluding carboxylic acids is 1. The highest BCUT2D eigenvalue weighted by molar-refractivity contribution is 6.30. The number of amides is 1. The van der Waals surface area contributed by atoms with Crippen LogP contribution >= 0.6 is 11.6 Å². The summed E-state index contributed by atoms with van der Waals surface area (Å²) in [5.41, 5.74) is 0. The zero-order valence-corrected chi connectivity index (χ0v) is 19.1. The molecular formula is C24H37ClN2O3. The number of carbonyl (C=O) groups is 1. The first-order chi connectivity index (χ1) is 14.6. The van der Waals surface area contributed by atoms with Crippen molar-refractivity contribution >= 4 is 17.7 Å². The third-order valence-corrected chi connectivity index (χ3v) is 6.67. The van der Waals surface area contributed by atoms with Crippen molar-refractivity contribution in [2.75, 3.05) is 33.3 Å². The van der Waals surface area contributed by atoms with Crippen molar-refractivity contribution in [1.82, 2.24) is 9.80 Å². The molecule has 2 aliphatic rings. The van der Waals surface area contributed by atoms with Crippen LogP contribution in [0.5, 0.6) is 5.75 Å². The highest BCUT2D eigenvalue weighted by Gasteiger charge is 2.27. The molecule has 1 amide bonds. The number of halogens is 1. The zero-order valence-electron chi connectivity index (χ0n) is 18.4. The lowest BCUT2D eigenvalue weighted by Gasteiger charge is -2.34. The lowest BCUT2D eigenvalue weighted by molar-refractivity contribution is 0.0103. The van der Waals surface area contributed by atoms with E-state index in [9.17, 15) is 4.79 Å². The van der Waals surface area contributed by atoms with Gasteiger partial charge in [0.1, 0.15) is 5.75 Å². The molecule has 0 aromatic heterocycles. The summed E-state index contributed by atoms with van der Waals surface area (Å²) in [4.78, 5) is 16.7. The topological polar surface area (TPSA) is 42.0 Å². The van der Waals surface area contributed by atoms with Gasteiger partial charge in [-0.2, -0.15) is 0 Å². The van der Waals surface area contributed by atoms with Gasteiger partial charge in [0.25, 0.3) is 0 Å². The van der Waals surface area contributed by atoms with Gasteiger partial charge < -0.3 is 19.3 Å². The molecule has 3 rings (SSSR count). The van der Waals surface area contributed by atoms with Crippen LogP contribution in [-0.2, 0) is 4.74 Å². The lowest BCUT2D eigenvalue weighted by Crippen LogP contribution is -2.42. The van der Waals surface area contributed by atoms with Crippen LogP contribution in [0.2, 0.25) is 5.02 Å². The Bertz CT molecular complexity index is 626. The summed E-state index contributed by atoms with van der Waals surface area (Å²) in [6.45, 7) is 4.70. The summed E-state index contributed by atoms with van der Waals surface area (Å²) in [5, 5.41) is 0.628. The van der Waals surface area contributed by atoms with Gasteiger partial charge in [0.2, 0.25) is 0 Å². The standard InChI is InChI=1S/C24H37ClN2O3/c1-26(24(28)30-23-12-8-20(25)9-13-23)21-10-14-22(15-11-21)29-19-7-3-6-18-27-16-4-2-5-17-27/h8-9,12-13,21-22H,2-7,10-11,14-19H2,1H3. The summed E-state index contributed by atoms with van der Waals surface area (Å²) in [7, 11) is 1.83. The second-order valence-corrected chi connectivity index (χ2v) is 9.13. The fourth-order valence-electron chi connectivity index (χ4n) is 4.47. The van der Waals surface area contributed by atoms with E-state index in [2.05, 4.69) is 4.90 Å². The monoisotopic (exact) mass is 436 g/mol. The van der Waals surface area contributed by atoms with Crippen LogP contribution in [0.1, 0.15) is 64.2 Å². The molecule has 0 atom stereocenters. The molecule has 30 heavy (non-hydrogen) atoms. The van der Waals surface area contributed by atoms with E-state index in [4.69, 9.17) is 21.1 Å². The average molecular weight is 437 g/mol. The maximum Gasteiger partial charge on any atom is 0.415 e. The van der Waals surface area contributed by atoms with Crippen LogP contribution in [0.3, 0.4) is 0 Å². The first-order valence-electron chi connectivity index (χ1n) is 11.7. The van der Waals surface area contributed by atoms with Crippen LogP contribution < -0.4 is 4.74 Å². The molecule has 0 radical (unpaired) electrons. The average Bonchev–Trinajstić information content (AvgIpc) is 2.78. The number of hydrogen-bond donors (Lipinski definition) is 0. The number of ether oxygens (including phenoxy) is 2. The molecule has 1 aliphatic heterocycles. The van der Waals surface area contributed by atoms with Crippen molar-refractivity contribution in [2.45, 2.75) is 76.4 Å². The molecule has 1 aliphatic carbocycles. The van der Waals surface area contributed by atoms with Gasteiger partial charge in [-0.1, -0.05) is 18.0 Å². The Morgan fingerprint density at radius 2 is 1.73 bits per heavy atom. The SMILES string of the molecule is CN(C(=O)Oc1ccc(Cl)cc1)C1CCC(OCCCCCN2CCCCC2)CC1. The summed E-state index contributed by atoms with van der Waals surface area (Å²) in [6, 6.07) is 7.09. The normalized spacial score (nSPS) is 22.6. The van der Waals surface area contributed by atoms with Gasteiger partial charge in [0, 0.05) is 24.7 Å². The number of nitrogens with zero attached hydrogens (tertiary/aromatic N) is 2. The number of benzene rings is 1. The van der Waals surface area contributed by atoms with E-state index in [1.165, 1.54) is 51.7 Å². The van der Waals surface area contributed by atoms with E-state index in [0.717, 1.165) is 38.7 Å². The smallest absolute Gasteiger partial charge is 0.410 e. The lowest BCUT2D eigenvalue weighted by atomic mass is 9.92. The van der Waals surface area contributed by atoms with E-state index < -0.39 is 0 Å². The van der Waals surface area contributed by atoms with Gasteiger partial charge in [0.05, 0.1) is 6.10 Å². The fourth-order valence-corrected chi connectivity index (χ4v) is 4.60. The van der Waals surface area contributed by atoms with Gasteiger partial charge in [-0.3, -0.25) is 0 Å². The van der Waals surface area contributed by atoms with E-state index in [1.54, 1.807) is 29.2 Å². The second-order valence-electron chi connectivity index (χ2n) is 8.70. The quantitative estimate of drug-likeness (QED) is 0.462. The Labute approximate surface area is 186 Å². The molecule has 168 valence electrons. The number of piperidine rings is 1. The maximum absolute atomic E-state index is 12.4. The Kier molecular flexibility index (Phi) is 9.76. The molecule has 5 nitrogen and oxygen atoms in total. The Morgan fingerprint density at radius 1 is 1.03 bits per heavy atom. The van der Waals surface area contributed by atoms with Crippen LogP contribution in [0, 0.1) is 0 Å². The number of hydrogen-bond acceptors (Lipinski definition) is 4. The molecule has 1 aromatic rings. The van der Waals surface area contributed by atoms with E-state index in [1.807, 2.05) is 7.05 Å². The van der Waals surface area contributed by atoms with Crippen molar-refractivity contribution in [3.63, 3.8) is 0 Å². The molecular weight excluding hydrogens is 400 g/mol. The molecule has 1 saturated heterocycles. The highest BCUT2D eigenvalue weighted by atomic mass is 35.5. The molecule has 0 N–H and O–H groups in total. The summed E-state index contributed by atoms with van der Waals surface area (Å²) < 4.78 is 11.6. The molecule has 0 bridgehead atoms. The highest BCUT2D eigenvalue weighted by Crippen LogP contribution is 2.26. The first-order valence-corrected chi connectivity index (χ1v) is 12.0. The van der Waals surface area contributed by atoms with E-state index >= 15 is 0 Å². The van der Waals surface area contributed by atoms with Crippen LogP contribution in [0.15, 0.2) is 24.3 Å². The maximum atomic E-state index is 12.4. The minimum Gasteiger partial charge on any atom is -0.410 e. The third kappa shape index (κ3) is 7.75. The van der Waals surface area contributed by atoms with Crippen molar-refractivity contribution in [2.24, 2.45) is 0 Å². The van der Waals surface area contributed by atoms with Crippen LogP contribution in [0.4, 0.5) is 4.79 Å². The molecule has 1 saturated carbocycles. The molecule has 1 heterocycles. The number of likely N-dealkylation sites (tertiary alicyclic amines) is 1. The van der Waals surface area contributed by atoms with Crippen molar-refractivity contribution < 1.29 is 14.3 Å². The van der Waals surface area contributed by atoms with Gasteiger partial charge >= 0.3 is 6.09 Å². The summed E-state index contributed by atoms with van der Waals surface area (Å²) >= 11 is 5.87.